The molecule has 0 radical (unpaired) electrons. The van der Waals surface area contributed by atoms with Gasteiger partial charge < -0.3 is 4.90 Å². The number of anilines is 2. The fraction of sp³-hybridized carbons (Fsp3) is 0.0794. The Morgan fingerprint density at radius 1 is 0.448 bits per heavy atom. The van der Waals surface area contributed by atoms with Crippen molar-refractivity contribution in [2.75, 3.05) is 4.90 Å². The Kier molecular flexibility index (Phi) is 8.06. The Hall–Kier alpha value is -6.82. The van der Waals surface area contributed by atoms with Crippen molar-refractivity contribution in [2.45, 2.75) is 38.9 Å². The summed E-state index contributed by atoms with van der Waals surface area (Å²) >= 11 is 5.81. The minimum atomic E-state index is -0.486. The van der Waals surface area contributed by atoms with Gasteiger partial charge in [0.05, 0.1) is 16.5 Å². The van der Waals surface area contributed by atoms with E-state index in [1.54, 1.807) is 0 Å². The molecule has 0 N–H and O–H groups in total. The maximum atomic E-state index is 2.69. The van der Waals surface area contributed by atoms with Gasteiger partial charge in [-0.1, -0.05) is 188 Å². The van der Waals surface area contributed by atoms with Gasteiger partial charge in [0.2, 0.25) is 0 Å². The van der Waals surface area contributed by atoms with Gasteiger partial charge in [-0.25, -0.2) is 0 Å². The van der Waals surface area contributed by atoms with Crippen LogP contribution in [0, 0.1) is 5.92 Å². The molecule has 3 heterocycles. The van der Waals surface area contributed by atoms with Crippen LogP contribution in [0.25, 0.3) is 42.4 Å². The molecule has 3 aliphatic carbocycles. The number of hydrogen-bond acceptors (Lipinski definition) is 4. The molecule has 316 valence electrons. The van der Waals surface area contributed by atoms with Crippen molar-refractivity contribution < 1.29 is 0 Å². The average molecular weight is 908 g/mol. The second kappa shape index (κ2) is 14.1. The highest BCUT2D eigenvalue weighted by Crippen LogP contribution is 2.66. The molecular formula is C63H41NS3. The van der Waals surface area contributed by atoms with Crippen molar-refractivity contribution in [3.05, 3.63) is 267 Å². The zero-order valence-corrected chi connectivity index (χ0v) is 39.1. The summed E-state index contributed by atoms with van der Waals surface area (Å²) < 4.78 is 2.62. The third kappa shape index (κ3) is 4.98. The molecular weight excluding hydrogens is 867 g/mol. The summed E-state index contributed by atoms with van der Waals surface area (Å²) in [7, 11) is 0. The quantitative estimate of drug-likeness (QED) is 0.174. The molecule has 0 fully saturated rings. The summed E-state index contributed by atoms with van der Waals surface area (Å²) in [6.45, 7) is 2.47. The van der Waals surface area contributed by atoms with E-state index >= 15 is 0 Å². The second-order valence-corrected chi connectivity index (χ2v) is 22.0. The third-order valence-electron chi connectivity index (χ3n) is 15.4. The van der Waals surface area contributed by atoms with Gasteiger partial charge in [-0.3, -0.25) is 0 Å². The van der Waals surface area contributed by atoms with Crippen LogP contribution in [0.15, 0.2) is 243 Å². The fourth-order valence-electron chi connectivity index (χ4n) is 12.9. The minimum absolute atomic E-state index is 0.216. The van der Waals surface area contributed by atoms with E-state index < -0.39 is 10.8 Å². The summed E-state index contributed by atoms with van der Waals surface area (Å²) in [6, 6.07) is 78.6. The largest absolute Gasteiger partial charge is 0.313 e. The Morgan fingerprint density at radius 2 is 0.955 bits per heavy atom. The lowest BCUT2D eigenvalue weighted by Crippen LogP contribution is -2.36. The van der Waals surface area contributed by atoms with Crippen molar-refractivity contribution in [1.29, 1.82) is 0 Å². The zero-order chi connectivity index (χ0) is 44.0. The standard InChI is InChI=1S/C63H41NS3/c1-38-35-60-52(63(50-27-12-15-31-57(50)67-60)47-24-9-4-19-42(47)43-20-5-10-25-48(43)63)37-54(38)64(53-28-16-32-59-61(53)44-21-6-13-29-55(44)65-59)39-33-34-58-51(36-39)62(49-26-11-14-30-56(49)66-58)45-22-7-2-17-40(45)41-18-3-8-23-46(41)62/h2-34,36-38H,35H2,1H3. The molecule has 4 heteroatoms. The Labute approximate surface area is 403 Å². The number of allylic oxidation sites excluding steroid dienone is 4. The average Bonchev–Trinajstić information content (AvgIpc) is 4.01. The predicted octanol–water partition coefficient (Wildman–Crippen LogP) is 17.3. The van der Waals surface area contributed by atoms with Crippen LogP contribution < -0.4 is 4.90 Å². The van der Waals surface area contributed by atoms with E-state index in [-0.39, 0.29) is 5.92 Å². The molecule has 1 atom stereocenters. The first kappa shape index (κ1) is 38.3. The van der Waals surface area contributed by atoms with E-state index in [1.807, 2.05) is 34.9 Å². The maximum Gasteiger partial charge on any atom is 0.0736 e. The number of thiophene rings is 1. The number of fused-ring (bicyclic) bond motifs is 20. The first-order chi connectivity index (χ1) is 33.1. The molecule has 1 unspecified atom stereocenters. The minimum Gasteiger partial charge on any atom is -0.313 e. The van der Waals surface area contributed by atoms with Gasteiger partial charge >= 0.3 is 0 Å². The molecule has 0 saturated heterocycles. The Balaban J connectivity index is 1.04. The number of nitrogens with zero attached hydrogens (tertiary/aromatic N) is 1. The van der Waals surface area contributed by atoms with Gasteiger partial charge in [0.25, 0.3) is 0 Å². The molecule has 15 rings (SSSR count). The van der Waals surface area contributed by atoms with Crippen molar-refractivity contribution >= 4 is 66.4 Å². The van der Waals surface area contributed by atoms with Crippen molar-refractivity contribution in [2.24, 2.45) is 5.92 Å². The molecule has 1 aromatic heterocycles. The summed E-state index contributed by atoms with van der Waals surface area (Å²) in [5.74, 6) is 0.216. The van der Waals surface area contributed by atoms with Gasteiger partial charge in [-0.2, -0.15) is 0 Å². The molecule has 9 aromatic carbocycles. The topological polar surface area (TPSA) is 3.24 Å². The van der Waals surface area contributed by atoms with E-state index in [0.29, 0.717) is 0 Å². The molecule has 0 bridgehead atoms. The highest BCUT2D eigenvalue weighted by Gasteiger charge is 2.53. The fourth-order valence-corrected chi connectivity index (χ4v) is 16.6. The molecule has 1 nitrogen and oxygen atoms in total. The molecule has 0 amide bonds. The normalized spacial score (nSPS) is 17.3. The number of benzene rings is 9. The smallest absolute Gasteiger partial charge is 0.0736 e. The summed E-state index contributed by atoms with van der Waals surface area (Å²) in [4.78, 5) is 8.15. The van der Waals surface area contributed by atoms with E-state index in [2.05, 4.69) is 224 Å². The van der Waals surface area contributed by atoms with E-state index in [1.165, 1.54) is 124 Å². The summed E-state index contributed by atoms with van der Waals surface area (Å²) in [5, 5.41) is 2.62. The Bertz CT molecular complexity index is 3760. The summed E-state index contributed by atoms with van der Waals surface area (Å²) in [5.41, 5.74) is 19.1. The highest BCUT2D eigenvalue weighted by molar-refractivity contribution is 8.03. The van der Waals surface area contributed by atoms with Crippen LogP contribution in [0.2, 0.25) is 0 Å². The van der Waals surface area contributed by atoms with Crippen LogP contribution >= 0.6 is 34.9 Å². The highest BCUT2D eigenvalue weighted by atomic mass is 32.2. The van der Waals surface area contributed by atoms with E-state index in [0.717, 1.165) is 6.42 Å². The van der Waals surface area contributed by atoms with Crippen LogP contribution in [0.1, 0.15) is 52.3 Å². The Morgan fingerprint density at radius 3 is 1.61 bits per heavy atom. The van der Waals surface area contributed by atoms with Gasteiger partial charge in [-0.15, -0.1) is 11.3 Å². The summed E-state index contributed by atoms with van der Waals surface area (Å²) in [6.07, 6.45) is 3.60. The van der Waals surface area contributed by atoms with E-state index in [4.69, 9.17) is 0 Å². The molecule has 5 aliphatic rings. The lowest BCUT2D eigenvalue weighted by atomic mass is 9.65. The van der Waals surface area contributed by atoms with Crippen LogP contribution in [0.4, 0.5) is 11.4 Å². The molecule has 2 aliphatic heterocycles. The second-order valence-electron chi connectivity index (χ2n) is 18.7. The molecule has 2 spiro atoms. The zero-order valence-electron chi connectivity index (χ0n) is 36.7. The molecule has 10 aromatic rings. The predicted molar refractivity (Wildman–Crippen MR) is 282 cm³/mol. The van der Waals surface area contributed by atoms with Gasteiger partial charge in [0.1, 0.15) is 0 Å². The van der Waals surface area contributed by atoms with Gasteiger partial charge in [0.15, 0.2) is 0 Å². The van der Waals surface area contributed by atoms with Gasteiger partial charge in [-0.05, 0) is 133 Å². The van der Waals surface area contributed by atoms with Crippen LogP contribution in [0.3, 0.4) is 0 Å². The molecule has 67 heavy (non-hydrogen) atoms. The lowest BCUT2D eigenvalue weighted by Gasteiger charge is -2.45. The third-order valence-corrected chi connectivity index (χ3v) is 18.9. The van der Waals surface area contributed by atoms with E-state index in [9.17, 15) is 0 Å². The maximum absolute atomic E-state index is 2.69. The van der Waals surface area contributed by atoms with Crippen molar-refractivity contribution in [3.63, 3.8) is 0 Å². The van der Waals surface area contributed by atoms with Crippen molar-refractivity contribution in [1.82, 2.24) is 0 Å². The SMILES string of the molecule is CC1CC2=C(C=C1N(c1ccc3c(c1)C1(c4ccccc4S3)c3ccccc3-c3ccccc31)c1cccc3sc4ccccc4c13)C1(c3ccccc3S2)c2ccccc2-c2ccccc21. The van der Waals surface area contributed by atoms with Crippen LogP contribution in [0.5, 0.6) is 0 Å². The number of thioether (sulfide) groups is 1. The van der Waals surface area contributed by atoms with Crippen LogP contribution in [-0.4, -0.2) is 0 Å². The lowest BCUT2D eigenvalue weighted by molar-refractivity contribution is 0.628. The first-order valence-electron chi connectivity index (χ1n) is 23.4. The monoisotopic (exact) mass is 907 g/mol. The number of rotatable bonds is 3. The van der Waals surface area contributed by atoms with Crippen molar-refractivity contribution in [3.8, 4) is 22.3 Å². The first-order valence-corrected chi connectivity index (χ1v) is 25.8. The van der Waals surface area contributed by atoms with Crippen LogP contribution in [-0.2, 0) is 10.8 Å². The van der Waals surface area contributed by atoms with Gasteiger partial charge in [0, 0.05) is 52.2 Å². The molecule has 0 saturated carbocycles. The number of hydrogen-bond donors (Lipinski definition) is 0.